The van der Waals surface area contributed by atoms with Gasteiger partial charge in [-0.25, -0.2) is 4.79 Å². The van der Waals surface area contributed by atoms with E-state index >= 15 is 0 Å². The van der Waals surface area contributed by atoms with Crippen LogP contribution in [0.5, 0.6) is 0 Å². The van der Waals surface area contributed by atoms with E-state index in [4.69, 9.17) is 5.11 Å². The molecule has 0 spiro atoms. The fraction of sp³-hybridized carbons (Fsp3) is 0.111. The van der Waals surface area contributed by atoms with Crippen molar-refractivity contribution >= 4 is 23.9 Å². The lowest BCUT2D eigenvalue weighted by Crippen LogP contribution is -2.23. The minimum Gasteiger partial charge on any atom is -0.465 e. The van der Waals surface area contributed by atoms with Crippen LogP contribution in [0.4, 0.5) is 16.2 Å². The van der Waals surface area contributed by atoms with Crippen LogP contribution >= 0.6 is 0 Å². The SMILES string of the molecule is CN(C(=O)O)c1ccc(NC=O)cc1. The third-order valence-corrected chi connectivity index (χ3v) is 1.77. The number of nitrogens with one attached hydrogen (secondary N) is 1. The van der Waals surface area contributed by atoms with E-state index < -0.39 is 6.09 Å². The summed E-state index contributed by atoms with van der Waals surface area (Å²) in [5, 5.41) is 11.1. The third-order valence-electron chi connectivity index (χ3n) is 1.77. The van der Waals surface area contributed by atoms with Crippen molar-refractivity contribution in [2.75, 3.05) is 17.3 Å². The van der Waals surface area contributed by atoms with Gasteiger partial charge in [-0.15, -0.1) is 0 Å². The third kappa shape index (κ3) is 2.22. The molecule has 5 heteroatoms. The van der Waals surface area contributed by atoms with E-state index in [2.05, 4.69) is 5.32 Å². The molecular formula is C9H10N2O3. The highest BCUT2D eigenvalue weighted by Gasteiger charge is 2.06. The van der Waals surface area contributed by atoms with Crippen LogP contribution in [0.25, 0.3) is 0 Å². The second-order valence-corrected chi connectivity index (χ2v) is 2.65. The molecule has 0 unspecified atom stereocenters. The molecule has 0 fully saturated rings. The van der Waals surface area contributed by atoms with Gasteiger partial charge in [0.1, 0.15) is 0 Å². The average Bonchev–Trinajstić information content (AvgIpc) is 2.18. The maximum atomic E-state index is 10.6. The van der Waals surface area contributed by atoms with Crippen LogP contribution in [-0.2, 0) is 4.79 Å². The minimum atomic E-state index is -1.03. The maximum Gasteiger partial charge on any atom is 0.411 e. The summed E-state index contributed by atoms with van der Waals surface area (Å²) in [5.74, 6) is 0. The van der Waals surface area contributed by atoms with E-state index in [0.29, 0.717) is 17.8 Å². The first-order chi connectivity index (χ1) is 6.65. The van der Waals surface area contributed by atoms with Gasteiger partial charge in [0, 0.05) is 18.4 Å². The van der Waals surface area contributed by atoms with Crippen molar-refractivity contribution < 1.29 is 14.7 Å². The first kappa shape index (κ1) is 10.0. The van der Waals surface area contributed by atoms with Crippen LogP contribution in [0.1, 0.15) is 0 Å². The molecule has 0 radical (unpaired) electrons. The Kier molecular flexibility index (Phi) is 3.06. The van der Waals surface area contributed by atoms with Gasteiger partial charge in [-0.3, -0.25) is 9.69 Å². The number of hydrogen-bond donors (Lipinski definition) is 2. The Labute approximate surface area is 81.0 Å². The normalized spacial score (nSPS) is 9.21. The lowest BCUT2D eigenvalue weighted by Gasteiger charge is -2.12. The number of anilines is 2. The van der Waals surface area contributed by atoms with Crippen molar-refractivity contribution in [3.63, 3.8) is 0 Å². The summed E-state index contributed by atoms with van der Waals surface area (Å²) < 4.78 is 0. The highest BCUT2D eigenvalue weighted by molar-refractivity contribution is 5.85. The summed E-state index contributed by atoms with van der Waals surface area (Å²) in [6.07, 6.45) is -0.461. The monoisotopic (exact) mass is 194 g/mol. The van der Waals surface area contributed by atoms with Crippen LogP contribution in [0.3, 0.4) is 0 Å². The van der Waals surface area contributed by atoms with Crippen LogP contribution in [0.15, 0.2) is 24.3 Å². The highest BCUT2D eigenvalue weighted by atomic mass is 16.4. The zero-order chi connectivity index (χ0) is 10.6. The van der Waals surface area contributed by atoms with Crippen LogP contribution in [-0.4, -0.2) is 24.7 Å². The van der Waals surface area contributed by atoms with Gasteiger partial charge >= 0.3 is 6.09 Å². The zero-order valence-corrected chi connectivity index (χ0v) is 7.60. The summed E-state index contributed by atoms with van der Waals surface area (Å²) in [6, 6.07) is 6.48. The molecule has 0 aliphatic heterocycles. The number of nitrogens with zero attached hydrogens (tertiary/aromatic N) is 1. The van der Waals surface area contributed by atoms with E-state index in [1.54, 1.807) is 24.3 Å². The van der Waals surface area contributed by atoms with Gasteiger partial charge in [-0.2, -0.15) is 0 Å². The number of carboxylic acid groups (broad SMARTS) is 1. The Bertz CT molecular complexity index is 334. The maximum absolute atomic E-state index is 10.6. The molecule has 1 aromatic carbocycles. The molecule has 5 nitrogen and oxygen atoms in total. The largest absolute Gasteiger partial charge is 0.465 e. The molecule has 0 aliphatic rings. The van der Waals surface area contributed by atoms with E-state index in [0.717, 1.165) is 4.90 Å². The predicted octanol–water partition coefficient (Wildman–Crippen LogP) is 1.37. The van der Waals surface area contributed by atoms with Gasteiger partial charge in [0.2, 0.25) is 6.41 Å². The Morgan fingerprint density at radius 1 is 1.43 bits per heavy atom. The zero-order valence-electron chi connectivity index (χ0n) is 7.60. The van der Waals surface area contributed by atoms with Gasteiger partial charge in [0.15, 0.2) is 0 Å². The fourth-order valence-electron chi connectivity index (χ4n) is 0.960. The number of amides is 2. The van der Waals surface area contributed by atoms with Gasteiger partial charge < -0.3 is 10.4 Å². The first-order valence-electron chi connectivity index (χ1n) is 3.92. The first-order valence-corrected chi connectivity index (χ1v) is 3.92. The van der Waals surface area contributed by atoms with Gasteiger partial charge in [0.25, 0.3) is 0 Å². The van der Waals surface area contributed by atoms with Crippen molar-refractivity contribution in [1.29, 1.82) is 0 Å². The molecule has 0 atom stereocenters. The molecule has 2 N–H and O–H groups in total. The van der Waals surface area contributed by atoms with Crippen molar-refractivity contribution in [3.05, 3.63) is 24.3 Å². The molecule has 74 valence electrons. The summed E-state index contributed by atoms with van der Waals surface area (Å²) >= 11 is 0. The number of benzene rings is 1. The van der Waals surface area contributed by atoms with Crippen molar-refractivity contribution in [2.45, 2.75) is 0 Å². The Hall–Kier alpha value is -2.04. The molecule has 0 aromatic heterocycles. The standard InChI is InChI=1S/C9H10N2O3/c1-11(9(13)14)8-4-2-7(3-5-8)10-6-12/h2-6H,1H3,(H,10,12)(H,13,14). The lowest BCUT2D eigenvalue weighted by molar-refractivity contribution is -0.105. The van der Waals surface area contributed by atoms with Gasteiger partial charge in [-0.1, -0.05) is 0 Å². The highest BCUT2D eigenvalue weighted by Crippen LogP contribution is 2.16. The Morgan fingerprint density at radius 3 is 2.43 bits per heavy atom. The molecule has 0 bridgehead atoms. The van der Waals surface area contributed by atoms with E-state index in [-0.39, 0.29) is 0 Å². The quantitative estimate of drug-likeness (QED) is 0.714. The smallest absolute Gasteiger partial charge is 0.411 e. The van der Waals surface area contributed by atoms with Gasteiger partial charge in [0.05, 0.1) is 0 Å². The summed E-state index contributed by atoms with van der Waals surface area (Å²) in [4.78, 5) is 21.7. The molecule has 0 saturated carbocycles. The van der Waals surface area contributed by atoms with E-state index in [9.17, 15) is 9.59 Å². The summed E-state index contributed by atoms with van der Waals surface area (Å²) in [7, 11) is 1.45. The predicted molar refractivity (Wildman–Crippen MR) is 52.6 cm³/mol. The molecular weight excluding hydrogens is 184 g/mol. The molecule has 0 heterocycles. The summed E-state index contributed by atoms with van der Waals surface area (Å²) in [5.41, 5.74) is 1.18. The van der Waals surface area contributed by atoms with Gasteiger partial charge in [-0.05, 0) is 24.3 Å². The van der Waals surface area contributed by atoms with Crippen LogP contribution in [0, 0.1) is 0 Å². The van der Waals surface area contributed by atoms with E-state index in [1.807, 2.05) is 0 Å². The van der Waals surface area contributed by atoms with Crippen LogP contribution in [0.2, 0.25) is 0 Å². The lowest BCUT2D eigenvalue weighted by atomic mass is 10.2. The van der Waals surface area contributed by atoms with Crippen molar-refractivity contribution in [2.24, 2.45) is 0 Å². The van der Waals surface area contributed by atoms with Crippen molar-refractivity contribution in [1.82, 2.24) is 0 Å². The second-order valence-electron chi connectivity index (χ2n) is 2.65. The fourth-order valence-corrected chi connectivity index (χ4v) is 0.960. The summed E-state index contributed by atoms with van der Waals surface area (Å²) in [6.45, 7) is 0. The number of hydrogen-bond acceptors (Lipinski definition) is 2. The number of carbonyl (C=O) groups is 2. The second kappa shape index (κ2) is 4.27. The molecule has 0 aliphatic carbocycles. The molecule has 2 amide bonds. The number of carbonyl (C=O) groups excluding carboxylic acids is 1. The molecule has 14 heavy (non-hydrogen) atoms. The molecule has 0 saturated heterocycles. The number of rotatable bonds is 3. The Balaban J connectivity index is 2.82. The van der Waals surface area contributed by atoms with Crippen molar-refractivity contribution in [3.8, 4) is 0 Å². The molecule has 1 rings (SSSR count). The Morgan fingerprint density at radius 2 is 2.00 bits per heavy atom. The average molecular weight is 194 g/mol. The van der Waals surface area contributed by atoms with Crippen LogP contribution < -0.4 is 10.2 Å². The minimum absolute atomic E-state index is 0.550. The van der Waals surface area contributed by atoms with E-state index in [1.165, 1.54) is 7.05 Å². The molecule has 1 aromatic rings. The topological polar surface area (TPSA) is 69.6 Å².